The highest BCUT2D eigenvalue weighted by Crippen LogP contribution is 2.24. The van der Waals surface area contributed by atoms with Crippen LogP contribution >= 0.6 is 11.8 Å². The normalized spacial score (nSPS) is 14.3. The number of carbonyl (C=O) groups is 1. The molecule has 0 amide bonds. The van der Waals surface area contributed by atoms with Crippen molar-refractivity contribution < 1.29 is 4.79 Å². The summed E-state index contributed by atoms with van der Waals surface area (Å²) in [4.78, 5) is 15.5. The van der Waals surface area contributed by atoms with E-state index in [2.05, 4.69) is 62.3 Å². The first kappa shape index (κ1) is 22.8. The summed E-state index contributed by atoms with van der Waals surface area (Å²) in [6.45, 7) is 11.0. The molecule has 0 atom stereocenters. The number of likely N-dealkylation sites (tertiary alicyclic amines) is 1. The first-order valence-electron chi connectivity index (χ1n) is 11.6. The molecule has 0 N–H and O–H groups in total. The predicted octanol–water partition coefficient (Wildman–Crippen LogP) is 4.73. The van der Waals surface area contributed by atoms with Crippen molar-refractivity contribution in [2.24, 2.45) is 0 Å². The number of Topliss-reactive ketones (excluding diaryl/α,β-unsaturated/α-hetero) is 1. The van der Waals surface area contributed by atoms with Gasteiger partial charge >= 0.3 is 0 Å². The van der Waals surface area contributed by atoms with E-state index in [0.29, 0.717) is 5.75 Å². The Balaban J connectivity index is 1.52. The van der Waals surface area contributed by atoms with Gasteiger partial charge in [-0.25, -0.2) is 0 Å². The van der Waals surface area contributed by atoms with E-state index in [-0.39, 0.29) is 5.78 Å². The molecule has 0 radical (unpaired) electrons. The maximum Gasteiger partial charge on any atom is 0.192 e. The number of thioether (sulfide) groups is 1. The highest BCUT2D eigenvalue weighted by Gasteiger charge is 2.21. The molecule has 1 aromatic carbocycles. The fraction of sp³-hybridized carbons (Fsp3) is 0.480. The Bertz CT molecular complexity index is 1050. The van der Waals surface area contributed by atoms with Gasteiger partial charge in [0, 0.05) is 23.5 Å². The molecular weight excluding hydrogens is 418 g/mol. The Hall–Kier alpha value is -2.38. The molecule has 1 aliphatic heterocycles. The smallest absolute Gasteiger partial charge is 0.192 e. The van der Waals surface area contributed by atoms with Crippen LogP contribution in [0.25, 0.3) is 0 Å². The number of rotatable bonds is 10. The second kappa shape index (κ2) is 10.5. The lowest BCUT2D eigenvalue weighted by Gasteiger charge is -2.16. The predicted molar refractivity (Wildman–Crippen MR) is 129 cm³/mol. The van der Waals surface area contributed by atoms with Crippen LogP contribution in [0, 0.1) is 13.8 Å². The lowest BCUT2D eigenvalue weighted by atomic mass is 10.2. The van der Waals surface area contributed by atoms with Gasteiger partial charge in [0.15, 0.2) is 10.9 Å². The number of nitrogens with zero attached hydrogens (tertiary/aromatic N) is 5. The van der Waals surface area contributed by atoms with E-state index in [9.17, 15) is 4.79 Å². The van der Waals surface area contributed by atoms with Gasteiger partial charge in [0.05, 0.1) is 18.8 Å². The first-order valence-corrected chi connectivity index (χ1v) is 12.6. The van der Waals surface area contributed by atoms with E-state index >= 15 is 0 Å². The second-order valence-corrected chi connectivity index (χ2v) is 9.54. The molecule has 4 rings (SSSR count). The standard InChI is InChI=1S/C25H33N5OS/c1-4-12-29-19(2)15-22(20(29)3)23(31)18-32-25-27-26-24(17-28-13-8-9-14-28)30(25)16-21-10-6-5-7-11-21/h5-7,10-11,15H,4,8-9,12-14,16-18H2,1-3H3. The number of ketones is 1. The minimum absolute atomic E-state index is 0.154. The number of hydrogen-bond acceptors (Lipinski definition) is 5. The Morgan fingerprint density at radius 3 is 2.50 bits per heavy atom. The van der Waals surface area contributed by atoms with Crippen molar-refractivity contribution in [1.82, 2.24) is 24.2 Å². The fourth-order valence-corrected chi connectivity index (χ4v) is 5.31. The SMILES string of the molecule is CCCn1c(C)cc(C(=O)CSc2nnc(CN3CCCC3)n2Cc2ccccc2)c1C. The third kappa shape index (κ3) is 5.15. The third-order valence-electron chi connectivity index (χ3n) is 6.19. The van der Waals surface area contributed by atoms with Gasteiger partial charge in [-0.05, 0) is 57.8 Å². The van der Waals surface area contributed by atoms with Crippen LogP contribution in [0.1, 0.15) is 59.3 Å². The van der Waals surface area contributed by atoms with Crippen molar-refractivity contribution in [3.05, 3.63) is 64.7 Å². The van der Waals surface area contributed by atoms with E-state index in [1.807, 2.05) is 19.1 Å². The van der Waals surface area contributed by atoms with Crippen LogP contribution < -0.4 is 0 Å². The fourth-order valence-electron chi connectivity index (χ4n) is 4.47. The molecule has 32 heavy (non-hydrogen) atoms. The highest BCUT2D eigenvalue weighted by atomic mass is 32.2. The Morgan fingerprint density at radius 2 is 1.78 bits per heavy atom. The van der Waals surface area contributed by atoms with E-state index in [1.165, 1.54) is 30.2 Å². The van der Waals surface area contributed by atoms with Crippen LogP contribution in [0.5, 0.6) is 0 Å². The van der Waals surface area contributed by atoms with Gasteiger partial charge in [-0.1, -0.05) is 49.0 Å². The minimum atomic E-state index is 0.154. The van der Waals surface area contributed by atoms with Crippen molar-refractivity contribution in [2.45, 2.75) is 64.8 Å². The molecule has 0 saturated carbocycles. The van der Waals surface area contributed by atoms with E-state index < -0.39 is 0 Å². The lowest BCUT2D eigenvalue weighted by Crippen LogP contribution is -2.21. The largest absolute Gasteiger partial charge is 0.348 e. The van der Waals surface area contributed by atoms with Gasteiger partial charge in [-0.15, -0.1) is 10.2 Å². The summed E-state index contributed by atoms with van der Waals surface area (Å²) in [7, 11) is 0. The van der Waals surface area contributed by atoms with Crippen LogP contribution in [-0.4, -0.2) is 48.9 Å². The van der Waals surface area contributed by atoms with Gasteiger partial charge in [0.1, 0.15) is 5.82 Å². The maximum absolute atomic E-state index is 13.1. The van der Waals surface area contributed by atoms with Crippen LogP contribution in [0.2, 0.25) is 0 Å². The molecule has 7 heteroatoms. The summed E-state index contributed by atoms with van der Waals surface area (Å²) < 4.78 is 4.43. The zero-order valence-corrected chi connectivity index (χ0v) is 20.2. The highest BCUT2D eigenvalue weighted by molar-refractivity contribution is 7.99. The van der Waals surface area contributed by atoms with Crippen molar-refractivity contribution in [1.29, 1.82) is 0 Å². The van der Waals surface area contributed by atoms with Gasteiger partial charge < -0.3 is 9.13 Å². The summed E-state index contributed by atoms with van der Waals surface area (Å²) in [6.07, 6.45) is 3.56. The molecule has 3 heterocycles. The zero-order valence-electron chi connectivity index (χ0n) is 19.4. The molecule has 0 aliphatic carbocycles. The molecule has 1 aliphatic rings. The summed E-state index contributed by atoms with van der Waals surface area (Å²) in [5.74, 6) is 1.50. The molecule has 2 aromatic heterocycles. The first-order chi connectivity index (χ1) is 15.6. The molecule has 1 saturated heterocycles. The lowest BCUT2D eigenvalue weighted by molar-refractivity contribution is 0.102. The molecule has 0 bridgehead atoms. The van der Waals surface area contributed by atoms with Crippen LogP contribution in [0.3, 0.4) is 0 Å². The van der Waals surface area contributed by atoms with Crippen molar-refractivity contribution >= 4 is 17.5 Å². The Labute approximate surface area is 195 Å². The minimum Gasteiger partial charge on any atom is -0.348 e. The third-order valence-corrected chi connectivity index (χ3v) is 7.16. The van der Waals surface area contributed by atoms with Crippen LogP contribution in [0.4, 0.5) is 0 Å². The molecule has 0 spiro atoms. The van der Waals surface area contributed by atoms with Crippen molar-refractivity contribution in [2.75, 3.05) is 18.8 Å². The number of aromatic nitrogens is 4. The molecular formula is C25H33N5OS. The summed E-state index contributed by atoms with van der Waals surface area (Å²) in [6, 6.07) is 12.4. The average molecular weight is 452 g/mol. The van der Waals surface area contributed by atoms with Gasteiger partial charge in [0.25, 0.3) is 0 Å². The van der Waals surface area contributed by atoms with Crippen LogP contribution in [-0.2, 0) is 19.6 Å². The number of carbonyl (C=O) groups excluding carboxylic acids is 1. The molecule has 170 valence electrons. The summed E-state index contributed by atoms with van der Waals surface area (Å²) in [5.41, 5.74) is 4.26. The van der Waals surface area contributed by atoms with Crippen LogP contribution in [0.15, 0.2) is 41.6 Å². The monoisotopic (exact) mass is 451 g/mol. The second-order valence-electron chi connectivity index (χ2n) is 8.60. The van der Waals surface area contributed by atoms with E-state index in [1.54, 1.807) is 0 Å². The summed E-state index contributed by atoms with van der Waals surface area (Å²) >= 11 is 1.50. The Morgan fingerprint density at radius 1 is 1.03 bits per heavy atom. The van der Waals surface area contributed by atoms with Gasteiger partial charge in [-0.2, -0.15) is 0 Å². The quantitative estimate of drug-likeness (QED) is 0.330. The summed E-state index contributed by atoms with van der Waals surface area (Å²) in [5, 5.41) is 9.83. The molecule has 6 nitrogen and oxygen atoms in total. The molecule has 3 aromatic rings. The number of aryl methyl sites for hydroxylation is 1. The topological polar surface area (TPSA) is 56.0 Å². The molecule has 0 unspecified atom stereocenters. The van der Waals surface area contributed by atoms with E-state index in [4.69, 9.17) is 0 Å². The number of benzene rings is 1. The van der Waals surface area contributed by atoms with Crippen molar-refractivity contribution in [3.63, 3.8) is 0 Å². The zero-order chi connectivity index (χ0) is 22.5. The number of hydrogen-bond donors (Lipinski definition) is 0. The van der Waals surface area contributed by atoms with E-state index in [0.717, 1.165) is 67.1 Å². The average Bonchev–Trinajstić information content (AvgIpc) is 3.51. The van der Waals surface area contributed by atoms with Gasteiger partial charge in [0.2, 0.25) is 0 Å². The Kier molecular flexibility index (Phi) is 7.48. The van der Waals surface area contributed by atoms with Crippen molar-refractivity contribution in [3.8, 4) is 0 Å². The van der Waals surface area contributed by atoms with Gasteiger partial charge in [-0.3, -0.25) is 9.69 Å². The maximum atomic E-state index is 13.1. The molecule has 1 fully saturated rings.